The van der Waals surface area contributed by atoms with Crippen LogP contribution in [-0.4, -0.2) is 35.6 Å². The number of amides is 1. The summed E-state index contributed by atoms with van der Waals surface area (Å²) in [7, 11) is 0. The van der Waals surface area contributed by atoms with E-state index in [1.165, 1.54) is 11.3 Å². The van der Waals surface area contributed by atoms with Crippen LogP contribution in [0.3, 0.4) is 0 Å². The lowest BCUT2D eigenvalue weighted by molar-refractivity contribution is -0.117. The number of pyridine rings is 1. The molecule has 1 fully saturated rings. The summed E-state index contributed by atoms with van der Waals surface area (Å²) < 4.78 is 2.73. The molecule has 0 aliphatic heterocycles. The van der Waals surface area contributed by atoms with Gasteiger partial charge in [0, 0.05) is 12.1 Å². The summed E-state index contributed by atoms with van der Waals surface area (Å²) in [6.45, 7) is 0. The molecule has 4 aromatic heterocycles. The standard InChI is InChI=1S/C16H13N7OS/c24-15(9-4-5-9)20-16-19-13-12(25-16)14(22-21-13)23-8-17-7-11(23)10-3-1-2-6-18-10/h1-3,6-9H,4-5H2,(H2,19,20,21,22,24). The van der Waals surface area contributed by atoms with Gasteiger partial charge < -0.3 is 5.32 Å². The maximum absolute atomic E-state index is 11.9. The molecule has 4 aromatic rings. The average molecular weight is 351 g/mol. The van der Waals surface area contributed by atoms with Crippen LogP contribution in [0.15, 0.2) is 36.9 Å². The van der Waals surface area contributed by atoms with E-state index in [-0.39, 0.29) is 11.8 Å². The molecule has 1 aliphatic carbocycles. The molecule has 0 radical (unpaired) electrons. The molecule has 1 amide bonds. The number of hydrogen-bond donors (Lipinski definition) is 2. The first-order valence-electron chi connectivity index (χ1n) is 7.89. The number of H-pyrrole nitrogens is 1. The molecule has 0 spiro atoms. The number of carbonyl (C=O) groups is 1. The third-order valence-electron chi connectivity index (χ3n) is 4.07. The van der Waals surface area contributed by atoms with Crippen molar-refractivity contribution >= 4 is 32.7 Å². The van der Waals surface area contributed by atoms with Crippen molar-refractivity contribution in [2.45, 2.75) is 12.8 Å². The number of hydrogen-bond acceptors (Lipinski definition) is 6. The van der Waals surface area contributed by atoms with Gasteiger partial charge in [-0.1, -0.05) is 17.4 Å². The van der Waals surface area contributed by atoms with Crippen LogP contribution in [0.4, 0.5) is 5.13 Å². The molecule has 1 aliphatic rings. The van der Waals surface area contributed by atoms with E-state index in [9.17, 15) is 4.79 Å². The number of carbonyl (C=O) groups excluding carboxylic acids is 1. The summed E-state index contributed by atoms with van der Waals surface area (Å²) in [5, 5.41) is 10.7. The molecule has 4 heterocycles. The number of thiazole rings is 1. The first kappa shape index (κ1) is 14.3. The highest BCUT2D eigenvalue weighted by Crippen LogP contribution is 2.34. The first-order chi connectivity index (χ1) is 12.3. The van der Waals surface area contributed by atoms with Gasteiger partial charge in [-0.25, -0.2) is 9.97 Å². The predicted octanol–water partition coefficient (Wildman–Crippen LogP) is 2.62. The Morgan fingerprint density at radius 1 is 1.36 bits per heavy atom. The Hall–Kier alpha value is -3.07. The highest BCUT2D eigenvalue weighted by Gasteiger charge is 2.30. The number of rotatable bonds is 4. The lowest BCUT2D eigenvalue weighted by atomic mass is 10.3. The molecule has 2 N–H and O–H groups in total. The van der Waals surface area contributed by atoms with Gasteiger partial charge in [0.05, 0.1) is 17.6 Å². The normalized spacial score (nSPS) is 14.1. The fourth-order valence-electron chi connectivity index (χ4n) is 2.64. The zero-order chi connectivity index (χ0) is 16.8. The van der Waals surface area contributed by atoms with E-state index >= 15 is 0 Å². The molecular formula is C16H13N7OS. The lowest BCUT2D eigenvalue weighted by Gasteiger charge is -2.04. The number of imidazole rings is 1. The van der Waals surface area contributed by atoms with Gasteiger partial charge in [-0.3, -0.25) is 19.4 Å². The van der Waals surface area contributed by atoms with Crippen LogP contribution in [-0.2, 0) is 4.79 Å². The molecule has 9 heteroatoms. The van der Waals surface area contributed by atoms with Crippen molar-refractivity contribution in [1.29, 1.82) is 0 Å². The number of nitrogens with one attached hydrogen (secondary N) is 2. The van der Waals surface area contributed by atoms with Crippen LogP contribution in [0.25, 0.3) is 27.6 Å². The minimum Gasteiger partial charge on any atom is -0.302 e. The zero-order valence-corrected chi connectivity index (χ0v) is 13.8. The molecule has 0 aromatic carbocycles. The topological polar surface area (TPSA) is 101 Å². The van der Waals surface area contributed by atoms with Crippen LogP contribution < -0.4 is 5.32 Å². The van der Waals surface area contributed by atoms with E-state index in [0.717, 1.165) is 28.9 Å². The second-order valence-electron chi connectivity index (χ2n) is 5.87. The van der Waals surface area contributed by atoms with E-state index < -0.39 is 0 Å². The zero-order valence-electron chi connectivity index (χ0n) is 13.0. The Kier molecular flexibility index (Phi) is 3.14. The Labute approximate surface area is 146 Å². The number of anilines is 1. The van der Waals surface area contributed by atoms with Crippen LogP contribution in [0.2, 0.25) is 0 Å². The number of aromatic amines is 1. The van der Waals surface area contributed by atoms with Crippen molar-refractivity contribution in [3.8, 4) is 17.2 Å². The van der Waals surface area contributed by atoms with Crippen molar-refractivity contribution in [2.24, 2.45) is 5.92 Å². The van der Waals surface area contributed by atoms with E-state index in [1.54, 1.807) is 18.7 Å². The van der Waals surface area contributed by atoms with Crippen molar-refractivity contribution < 1.29 is 4.79 Å². The second-order valence-corrected chi connectivity index (χ2v) is 6.87. The Balaban J connectivity index is 1.54. The minimum atomic E-state index is 0.0442. The molecule has 0 atom stereocenters. The van der Waals surface area contributed by atoms with E-state index in [0.29, 0.717) is 16.6 Å². The average Bonchev–Trinajstić information content (AvgIpc) is 3.06. The molecule has 8 nitrogen and oxygen atoms in total. The summed E-state index contributed by atoms with van der Waals surface area (Å²) in [6, 6.07) is 5.72. The number of aromatic nitrogens is 6. The smallest absolute Gasteiger partial charge is 0.229 e. The van der Waals surface area contributed by atoms with Crippen LogP contribution in [0.5, 0.6) is 0 Å². The first-order valence-corrected chi connectivity index (χ1v) is 8.71. The third-order valence-corrected chi connectivity index (χ3v) is 5.04. The summed E-state index contributed by atoms with van der Waals surface area (Å²) in [4.78, 5) is 25.0. The Morgan fingerprint density at radius 3 is 3.08 bits per heavy atom. The van der Waals surface area contributed by atoms with Gasteiger partial charge in [0.25, 0.3) is 0 Å². The van der Waals surface area contributed by atoms with Crippen molar-refractivity contribution in [1.82, 2.24) is 29.7 Å². The lowest BCUT2D eigenvalue weighted by Crippen LogP contribution is -2.12. The molecule has 5 rings (SSSR count). The molecule has 1 saturated carbocycles. The summed E-state index contributed by atoms with van der Waals surface area (Å²) in [5.41, 5.74) is 2.29. The Bertz CT molecular complexity index is 1060. The van der Waals surface area contributed by atoms with E-state index in [4.69, 9.17) is 0 Å². The molecule has 25 heavy (non-hydrogen) atoms. The van der Waals surface area contributed by atoms with E-state index in [1.807, 2.05) is 22.8 Å². The monoisotopic (exact) mass is 351 g/mol. The number of fused-ring (bicyclic) bond motifs is 1. The van der Waals surface area contributed by atoms with Crippen molar-refractivity contribution in [2.75, 3.05) is 5.32 Å². The molecule has 124 valence electrons. The Morgan fingerprint density at radius 2 is 2.28 bits per heavy atom. The third kappa shape index (κ3) is 2.49. The van der Waals surface area contributed by atoms with Gasteiger partial charge in [-0.15, -0.1) is 0 Å². The minimum absolute atomic E-state index is 0.0442. The van der Waals surface area contributed by atoms with Gasteiger partial charge in [-0.05, 0) is 25.0 Å². The quantitative estimate of drug-likeness (QED) is 0.588. The fourth-order valence-corrected chi connectivity index (χ4v) is 3.55. The number of nitrogens with zero attached hydrogens (tertiary/aromatic N) is 5. The van der Waals surface area contributed by atoms with Gasteiger partial charge in [0.2, 0.25) is 5.91 Å². The van der Waals surface area contributed by atoms with Gasteiger partial charge >= 0.3 is 0 Å². The fraction of sp³-hybridized carbons (Fsp3) is 0.188. The highest BCUT2D eigenvalue weighted by atomic mass is 32.1. The second kappa shape index (κ2) is 5.49. The van der Waals surface area contributed by atoms with Crippen molar-refractivity contribution in [3.05, 3.63) is 36.9 Å². The summed E-state index contributed by atoms with van der Waals surface area (Å²) >= 11 is 1.40. The SMILES string of the molecule is O=C(Nc1nc2[nH]nc(-n3cncc3-c3ccccn3)c2s1)C1CC1. The summed E-state index contributed by atoms with van der Waals surface area (Å²) in [6.07, 6.45) is 7.11. The maximum atomic E-state index is 11.9. The maximum Gasteiger partial charge on any atom is 0.229 e. The van der Waals surface area contributed by atoms with Crippen molar-refractivity contribution in [3.63, 3.8) is 0 Å². The largest absolute Gasteiger partial charge is 0.302 e. The van der Waals surface area contributed by atoms with Crippen LogP contribution >= 0.6 is 11.3 Å². The molecule has 0 bridgehead atoms. The summed E-state index contributed by atoms with van der Waals surface area (Å²) in [5.74, 6) is 0.879. The molecular weight excluding hydrogens is 338 g/mol. The van der Waals surface area contributed by atoms with Gasteiger partial charge in [-0.2, -0.15) is 5.10 Å². The predicted molar refractivity (Wildman–Crippen MR) is 93.5 cm³/mol. The molecule has 0 unspecified atom stereocenters. The van der Waals surface area contributed by atoms with Gasteiger partial charge in [0.15, 0.2) is 16.6 Å². The molecule has 0 saturated heterocycles. The van der Waals surface area contributed by atoms with Gasteiger partial charge in [0.1, 0.15) is 11.0 Å². The highest BCUT2D eigenvalue weighted by molar-refractivity contribution is 7.22. The van der Waals surface area contributed by atoms with Crippen LogP contribution in [0, 0.1) is 5.92 Å². The van der Waals surface area contributed by atoms with Crippen LogP contribution in [0.1, 0.15) is 12.8 Å². The van der Waals surface area contributed by atoms with E-state index in [2.05, 4.69) is 30.5 Å².